The maximum absolute atomic E-state index is 12.0. The van der Waals surface area contributed by atoms with E-state index in [0.717, 1.165) is 31.0 Å². The molecule has 0 aliphatic heterocycles. The van der Waals surface area contributed by atoms with Crippen molar-refractivity contribution in [3.8, 4) is 5.75 Å². The van der Waals surface area contributed by atoms with Crippen molar-refractivity contribution in [2.24, 2.45) is 5.92 Å². The van der Waals surface area contributed by atoms with Gasteiger partial charge >= 0.3 is 6.36 Å². The Balaban J connectivity index is 1.69. The molecule has 1 aliphatic rings. The summed E-state index contributed by atoms with van der Waals surface area (Å²) < 4.78 is 39.7. The van der Waals surface area contributed by atoms with E-state index in [1.807, 2.05) is 0 Å². The van der Waals surface area contributed by atoms with Gasteiger partial charge in [-0.15, -0.1) is 13.2 Å². The van der Waals surface area contributed by atoms with E-state index in [9.17, 15) is 13.2 Å². The van der Waals surface area contributed by atoms with Crippen LogP contribution in [0.15, 0.2) is 24.3 Å². The summed E-state index contributed by atoms with van der Waals surface area (Å²) in [6.07, 6.45) is 0.171. The third kappa shape index (κ3) is 5.11. The Hall–Kier alpha value is -1.23. The van der Waals surface area contributed by atoms with Gasteiger partial charge in [0.25, 0.3) is 0 Å². The monoisotopic (exact) mass is 273 g/mol. The molecule has 1 aliphatic carbocycles. The second kappa shape index (κ2) is 6.28. The van der Waals surface area contributed by atoms with Gasteiger partial charge in [-0.2, -0.15) is 0 Å². The predicted molar refractivity (Wildman–Crippen MR) is 67.0 cm³/mol. The van der Waals surface area contributed by atoms with E-state index in [4.69, 9.17) is 0 Å². The summed E-state index contributed by atoms with van der Waals surface area (Å²) in [7, 11) is 0. The first-order valence-corrected chi connectivity index (χ1v) is 6.58. The van der Waals surface area contributed by atoms with Crippen molar-refractivity contribution in [3.05, 3.63) is 29.8 Å². The zero-order valence-electron chi connectivity index (χ0n) is 10.7. The molecular weight excluding hydrogens is 255 g/mol. The number of halogens is 3. The predicted octanol–water partition coefficient (Wildman–Crippen LogP) is 3.52. The smallest absolute Gasteiger partial charge is 0.406 e. The van der Waals surface area contributed by atoms with Gasteiger partial charge in [0.2, 0.25) is 0 Å². The molecule has 0 heterocycles. The van der Waals surface area contributed by atoms with Crippen molar-refractivity contribution in [1.29, 1.82) is 0 Å². The maximum Gasteiger partial charge on any atom is 0.573 e. The maximum atomic E-state index is 12.0. The second-order valence-corrected chi connectivity index (χ2v) is 4.94. The summed E-state index contributed by atoms with van der Waals surface area (Å²) in [5.41, 5.74) is 1.01. The first-order chi connectivity index (χ1) is 9.03. The highest BCUT2D eigenvalue weighted by Gasteiger charge is 2.30. The summed E-state index contributed by atoms with van der Waals surface area (Å²) in [6, 6.07) is 6.06. The third-order valence-corrected chi connectivity index (χ3v) is 3.41. The zero-order valence-corrected chi connectivity index (χ0v) is 10.7. The van der Waals surface area contributed by atoms with Crippen molar-refractivity contribution in [3.63, 3.8) is 0 Å². The molecule has 0 radical (unpaired) electrons. The number of benzene rings is 1. The van der Waals surface area contributed by atoms with Crippen LogP contribution in [-0.2, 0) is 6.42 Å². The lowest BCUT2D eigenvalue weighted by Gasteiger charge is -2.25. The normalized spacial score (nSPS) is 16.2. The Bertz CT molecular complexity index is 385. The van der Waals surface area contributed by atoms with Crippen LogP contribution in [0, 0.1) is 5.92 Å². The molecule has 1 fully saturated rings. The molecule has 1 saturated carbocycles. The van der Waals surface area contributed by atoms with Crippen LogP contribution in [0.1, 0.15) is 24.8 Å². The molecule has 0 saturated heterocycles. The third-order valence-electron chi connectivity index (χ3n) is 3.41. The number of ether oxygens (including phenoxy) is 1. The van der Waals surface area contributed by atoms with Gasteiger partial charge in [0, 0.05) is 0 Å². The summed E-state index contributed by atoms with van der Waals surface area (Å²) >= 11 is 0. The number of alkyl halides is 3. The molecule has 5 heteroatoms. The lowest BCUT2D eigenvalue weighted by molar-refractivity contribution is -0.274. The first-order valence-electron chi connectivity index (χ1n) is 6.58. The van der Waals surface area contributed by atoms with Gasteiger partial charge in [-0.3, -0.25) is 0 Å². The number of nitrogens with one attached hydrogen (secondary N) is 1. The Kier molecular flexibility index (Phi) is 4.69. The molecule has 0 amide bonds. The van der Waals surface area contributed by atoms with Gasteiger partial charge in [0.15, 0.2) is 0 Å². The minimum Gasteiger partial charge on any atom is -0.406 e. The van der Waals surface area contributed by atoms with E-state index in [1.165, 1.54) is 31.4 Å². The topological polar surface area (TPSA) is 21.3 Å². The van der Waals surface area contributed by atoms with Crippen LogP contribution in [-0.4, -0.2) is 19.5 Å². The highest BCUT2D eigenvalue weighted by molar-refractivity contribution is 5.27. The number of rotatable bonds is 6. The van der Waals surface area contributed by atoms with Gasteiger partial charge in [-0.25, -0.2) is 0 Å². The summed E-state index contributed by atoms with van der Waals surface area (Å²) in [4.78, 5) is 0. The Labute approximate surface area is 111 Å². The lowest BCUT2D eigenvalue weighted by Crippen LogP contribution is -2.28. The van der Waals surface area contributed by atoms with E-state index in [1.54, 1.807) is 12.1 Å². The Morgan fingerprint density at radius 2 is 1.84 bits per heavy atom. The number of hydrogen-bond donors (Lipinski definition) is 1. The van der Waals surface area contributed by atoms with Crippen LogP contribution in [0.2, 0.25) is 0 Å². The minimum atomic E-state index is -4.62. The molecule has 19 heavy (non-hydrogen) atoms. The molecule has 1 N–H and O–H groups in total. The fourth-order valence-corrected chi connectivity index (χ4v) is 2.09. The fourth-order valence-electron chi connectivity index (χ4n) is 2.09. The molecule has 0 spiro atoms. The molecule has 0 aromatic heterocycles. The highest BCUT2D eigenvalue weighted by Crippen LogP contribution is 2.25. The van der Waals surface area contributed by atoms with Crippen molar-refractivity contribution in [2.45, 2.75) is 32.0 Å². The molecule has 2 nitrogen and oxygen atoms in total. The minimum absolute atomic E-state index is 0.168. The van der Waals surface area contributed by atoms with Gasteiger partial charge in [0.05, 0.1) is 0 Å². The molecule has 0 unspecified atom stereocenters. The summed E-state index contributed by atoms with van der Waals surface area (Å²) in [5, 5.41) is 3.38. The largest absolute Gasteiger partial charge is 0.573 e. The average molecular weight is 273 g/mol. The van der Waals surface area contributed by atoms with Crippen LogP contribution in [0.25, 0.3) is 0 Å². The molecule has 0 bridgehead atoms. The second-order valence-electron chi connectivity index (χ2n) is 4.94. The molecule has 2 rings (SSSR count). The standard InChI is InChI=1S/C14H18F3NO/c15-14(16,17)19-13-6-4-11(5-7-13)8-9-18-10-12-2-1-3-12/h4-7,12,18H,1-3,8-10H2. The van der Waals surface area contributed by atoms with Gasteiger partial charge < -0.3 is 10.1 Å². The van der Waals surface area contributed by atoms with Crippen LogP contribution in [0.3, 0.4) is 0 Å². The molecule has 1 aromatic rings. The SMILES string of the molecule is FC(F)(F)Oc1ccc(CCNCC2CCC2)cc1. The molecule has 1 aromatic carbocycles. The Morgan fingerprint density at radius 1 is 1.16 bits per heavy atom. The van der Waals surface area contributed by atoms with E-state index < -0.39 is 6.36 Å². The van der Waals surface area contributed by atoms with Crippen molar-refractivity contribution in [2.75, 3.05) is 13.1 Å². The highest BCUT2D eigenvalue weighted by atomic mass is 19.4. The average Bonchev–Trinajstić information content (AvgIpc) is 2.26. The first kappa shape index (κ1) is 14.2. The van der Waals surface area contributed by atoms with Crippen LogP contribution in [0.5, 0.6) is 5.75 Å². The zero-order chi connectivity index (χ0) is 13.7. The molecular formula is C14H18F3NO. The van der Waals surface area contributed by atoms with Crippen LogP contribution < -0.4 is 10.1 Å². The van der Waals surface area contributed by atoms with E-state index >= 15 is 0 Å². The lowest BCUT2D eigenvalue weighted by atomic mass is 9.85. The molecule has 106 valence electrons. The summed E-state index contributed by atoms with van der Waals surface area (Å²) in [5.74, 6) is 0.654. The van der Waals surface area contributed by atoms with Crippen LogP contribution >= 0.6 is 0 Å². The fraction of sp³-hybridized carbons (Fsp3) is 0.571. The summed E-state index contributed by atoms with van der Waals surface area (Å²) in [6.45, 7) is 1.91. The van der Waals surface area contributed by atoms with E-state index in [-0.39, 0.29) is 5.75 Å². The van der Waals surface area contributed by atoms with E-state index in [2.05, 4.69) is 10.1 Å². The van der Waals surface area contributed by atoms with Crippen molar-refractivity contribution >= 4 is 0 Å². The van der Waals surface area contributed by atoms with Crippen LogP contribution in [0.4, 0.5) is 13.2 Å². The quantitative estimate of drug-likeness (QED) is 0.801. The van der Waals surface area contributed by atoms with Gasteiger partial charge in [-0.1, -0.05) is 18.6 Å². The van der Waals surface area contributed by atoms with Crippen molar-refractivity contribution < 1.29 is 17.9 Å². The van der Waals surface area contributed by atoms with Gasteiger partial charge in [0.1, 0.15) is 5.75 Å². The number of hydrogen-bond acceptors (Lipinski definition) is 2. The van der Waals surface area contributed by atoms with Gasteiger partial charge in [-0.05, 0) is 56.0 Å². The van der Waals surface area contributed by atoms with E-state index in [0.29, 0.717) is 0 Å². The Morgan fingerprint density at radius 3 is 2.37 bits per heavy atom. The molecule has 0 atom stereocenters. The van der Waals surface area contributed by atoms with Crippen molar-refractivity contribution in [1.82, 2.24) is 5.32 Å².